The Hall–Kier alpha value is -4.03. The lowest BCUT2D eigenvalue weighted by Gasteiger charge is -2.06. The van der Waals surface area contributed by atoms with Gasteiger partial charge in [-0.25, -0.2) is 18.5 Å². The quantitative estimate of drug-likeness (QED) is 0.315. The fourth-order valence-electron chi connectivity index (χ4n) is 3.04. The summed E-state index contributed by atoms with van der Waals surface area (Å²) in [6, 6.07) is 10.4. The molecule has 164 valence electrons. The zero-order chi connectivity index (χ0) is 22.7. The van der Waals surface area contributed by atoms with Crippen molar-refractivity contribution in [1.82, 2.24) is 19.9 Å². The van der Waals surface area contributed by atoms with Gasteiger partial charge in [-0.1, -0.05) is 0 Å². The minimum atomic E-state index is -3.81. The van der Waals surface area contributed by atoms with Crippen LogP contribution >= 0.6 is 0 Å². The van der Waals surface area contributed by atoms with E-state index < -0.39 is 10.0 Å². The third kappa shape index (κ3) is 4.66. The second-order valence-corrected chi connectivity index (χ2v) is 8.44. The Morgan fingerprint density at radius 3 is 2.66 bits per heavy atom. The fourth-order valence-corrected chi connectivity index (χ4v) is 3.55. The predicted octanol–water partition coefficient (Wildman–Crippen LogP) is 2.56. The van der Waals surface area contributed by atoms with Crippen molar-refractivity contribution in [3.05, 3.63) is 66.7 Å². The first-order valence-corrected chi connectivity index (χ1v) is 11.0. The van der Waals surface area contributed by atoms with E-state index in [2.05, 4.69) is 25.5 Å². The number of carbonyl (C=O) groups excluding carboxylic acids is 1. The molecule has 0 fully saturated rings. The second-order valence-electron chi connectivity index (χ2n) is 6.88. The minimum absolute atomic E-state index is 0.0462. The molecule has 0 aliphatic rings. The van der Waals surface area contributed by atoms with Gasteiger partial charge in [0.1, 0.15) is 0 Å². The number of fused-ring (bicyclic) bond motifs is 1. The third-order valence-corrected chi connectivity index (χ3v) is 5.59. The Bertz CT molecular complexity index is 1390. The second kappa shape index (κ2) is 8.61. The molecule has 4 aromatic rings. The Morgan fingerprint density at radius 2 is 1.97 bits per heavy atom. The van der Waals surface area contributed by atoms with E-state index in [1.807, 2.05) is 4.57 Å². The molecule has 4 rings (SSSR count). The van der Waals surface area contributed by atoms with Crippen LogP contribution in [0.15, 0.2) is 76.3 Å². The first kappa shape index (κ1) is 21.2. The van der Waals surface area contributed by atoms with Crippen molar-refractivity contribution in [1.29, 1.82) is 0 Å². The van der Waals surface area contributed by atoms with Crippen LogP contribution in [0.5, 0.6) is 5.88 Å². The molecule has 0 atom stereocenters. The van der Waals surface area contributed by atoms with Crippen LogP contribution in [0.1, 0.15) is 10.4 Å². The van der Waals surface area contributed by atoms with Gasteiger partial charge in [0.15, 0.2) is 5.69 Å². The van der Waals surface area contributed by atoms with Crippen molar-refractivity contribution in [2.75, 3.05) is 6.54 Å². The summed E-state index contributed by atoms with van der Waals surface area (Å²) in [7, 11) is -3.81. The van der Waals surface area contributed by atoms with E-state index in [9.17, 15) is 18.3 Å². The Morgan fingerprint density at radius 1 is 1.19 bits per heavy atom. The standard InChI is InChI=1S/C20H19N7O4S/c21-32(30,31)15-4-2-14(3-5-15)25-26-18-16-11-13(1-6-17(16)24-20(18)29)19(28)23-8-10-27-9-7-22-12-27/h1-7,9,11-12,24,29H,8,10H2,(H,23,28)(H2,21,30,31). The normalized spacial score (nSPS) is 11.9. The van der Waals surface area contributed by atoms with Gasteiger partial charge in [-0.15, -0.1) is 5.11 Å². The van der Waals surface area contributed by atoms with Crippen molar-refractivity contribution < 1.29 is 18.3 Å². The number of aromatic hydroxyl groups is 1. The lowest BCUT2D eigenvalue weighted by atomic mass is 10.1. The number of carbonyl (C=O) groups is 1. The number of H-pyrrole nitrogens is 1. The maximum absolute atomic E-state index is 12.5. The zero-order valence-electron chi connectivity index (χ0n) is 16.6. The molecule has 1 amide bonds. The number of azo groups is 1. The summed E-state index contributed by atoms with van der Waals surface area (Å²) in [6.45, 7) is 1.01. The molecule has 0 bridgehead atoms. The molecule has 0 radical (unpaired) electrons. The van der Waals surface area contributed by atoms with Crippen molar-refractivity contribution in [2.24, 2.45) is 15.4 Å². The number of rotatable bonds is 7. The van der Waals surface area contributed by atoms with E-state index in [0.717, 1.165) is 0 Å². The smallest absolute Gasteiger partial charge is 0.251 e. The monoisotopic (exact) mass is 453 g/mol. The number of aromatic amines is 1. The van der Waals surface area contributed by atoms with Gasteiger partial charge in [-0.3, -0.25) is 4.79 Å². The van der Waals surface area contributed by atoms with E-state index in [4.69, 9.17) is 5.14 Å². The highest BCUT2D eigenvalue weighted by atomic mass is 32.2. The number of nitrogens with two attached hydrogens (primary N) is 1. The lowest BCUT2D eigenvalue weighted by Crippen LogP contribution is -2.26. The molecule has 5 N–H and O–H groups in total. The number of nitrogens with zero attached hydrogens (tertiary/aromatic N) is 4. The van der Waals surface area contributed by atoms with E-state index in [1.54, 1.807) is 36.9 Å². The maximum Gasteiger partial charge on any atom is 0.251 e. The molecule has 2 aromatic carbocycles. The van der Waals surface area contributed by atoms with Crippen LogP contribution in [0.3, 0.4) is 0 Å². The number of hydrogen-bond acceptors (Lipinski definition) is 7. The number of primary sulfonamides is 1. The number of hydrogen-bond donors (Lipinski definition) is 4. The van der Waals surface area contributed by atoms with Crippen LogP contribution in [-0.4, -0.2) is 40.5 Å². The molecule has 2 heterocycles. The molecule has 0 saturated heterocycles. The van der Waals surface area contributed by atoms with Crippen LogP contribution in [0.4, 0.5) is 11.4 Å². The van der Waals surface area contributed by atoms with Crippen LogP contribution in [0, 0.1) is 0 Å². The highest BCUT2D eigenvalue weighted by Gasteiger charge is 2.14. The minimum Gasteiger partial charge on any atom is -0.493 e. The third-order valence-electron chi connectivity index (χ3n) is 4.66. The molecule has 32 heavy (non-hydrogen) atoms. The first-order valence-electron chi connectivity index (χ1n) is 9.44. The Labute approximate surface area is 182 Å². The number of imidazole rings is 1. The molecule has 0 saturated carbocycles. The molecular formula is C20H19N7O4S. The van der Waals surface area contributed by atoms with Crippen molar-refractivity contribution in [2.45, 2.75) is 11.4 Å². The van der Waals surface area contributed by atoms with Crippen LogP contribution in [0.25, 0.3) is 10.9 Å². The maximum atomic E-state index is 12.5. The van der Waals surface area contributed by atoms with Crippen LogP contribution in [-0.2, 0) is 16.6 Å². The molecule has 0 aliphatic carbocycles. The van der Waals surface area contributed by atoms with Gasteiger partial charge in [-0.2, -0.15) is 5.11 Å². The average Bonchev–Trinajstić information content (AvgIpc) is 3.38. The highest BCUT2D eigenvalue weighted by Crippen LogP contribution is 2.36. The topological polar surface area (TPSA) is 168 Å². The Kier molecular flexibility index (Phi) is 5.71. The van der Waals surface area contributed by atoms with E-state index in [1.165, 1.54) is 24.3 Å². The number of amides is 1. The number of benzene rings is 2. The molecule has 11 nitrogen and oxygen atoms in total. The summed E-state index contributed by atoms with van der Waals surface area (Å²) in [5.41, 5.74) is 1.50. The fraction of sp³-hybridized carbons (Fsp3) is 0.100. The molecule has 2 aromatic heterocycles. The van der Waals surface area contributed by atoms with Gasteiger partial charge in [-0.05, 0) is 42.5 Å². The van der Waals surface area contributed by atoms with E-state index in [-0.39, 0.29) is 22.4 Å². The van der Waals surface area contributed by atoms with Crippen LogP contribution in [0.2, 0.25) is 0 Å². The van der Waals surface area contributed by atoms with Gasteiger partial charge in [0.25, 0.3) is 5.91 Å². The molecule has 0 unspecified atom stereocenters. The SMILES string of the molecule is NS(=O)(=O)c1ccc(N=Nc2c(O)[nH]c3ccc(C(=O)NCCn4ccnc4)cc23)cc1. The summed E-state index contributed by atoms with van der Waals surface area (Å²) in [5, 5.41) is 26.8. The molecule has 0 spiro atoms. The summed E-state index contributed by atoms with van der Waals surface area (Å²) in [6.07, 6.45) is 5.14. The number of sulfonamides is 1. The molecule has 0 aliphatic heterocycles. The van der Waals surface area contributed by atoms with Gasteiger partial charge >= 0.3 is 0 Å². The van der Waals surface area contributed by atoms with Crippen molar-refractivity contribution in [3.63, 3.8) is 0 Å². The number of nitrogens with one attached hydrogen (secondary N) is 2. The summed E-state index contributed by atoms with van der Waals surface area (Å²) in [4.78, 5) is 19.2. The first-order chi connectivity index (χ1) is 15.3. The molecule has 12 heteroatoms. The van der Waals surface area contributed by atoms with Gasteiger partial charge in [0, 0.05) is 36.4 Å². The predicted molar refractivity (Wildman–Crippen MR) is 117 cm³/mol. The zero-order valence-corrected chi connectivity index (χ0v) is 17.5. The largest absolute Gasteiger partial charge is 0.493 e. The number of aromatic nitrogens is 3. The average molecular weight is 453 g/mol. The van der Waals surface area contributed by atoms with Crippen molar-refractivity contribution >= 4 is 38.2 Å². The van der Waals surface area contributed by atoms with Gasteiger partial charge in [0.05, 0.1) is 22.4 Å². The van der Waals surface area contributed by atoms with Gasteiger partial charge < -0.3 is 20.0 Å². The van der Waals surface area contributed by atoms with Crippen molar-refractivity contribution in [3.8, 4) is 5.88 Å². The van der Waals surface area contributed by atoms with Crippen LogP contribution < -0.4 is 10.5 Å². The van der Waals surface area contributed by atoms with E-state index in [0.29, 0.717) is 35.2 Å². The highest BCUT2D eigenvalue weighted by molar-refractivity contribution is 7.89. The summed E-state index contributed by atoms with van der Waals surface area (Å²) < 4.78 is 24.5. The Balaban J connectivity index is 1.53. The lowest BCUT2D eigenvalue weighted by molar-refractivity contribution is 0.0952. The summed E-state index contributed by atoms with van der Waals surface area (Å²) in [5.74, 6) is -0.475. The van der Waals surface area contributed by atoms with Gasteiger partial charge in [0.2, 0.25) is 15.9 Å². The van der Waals surface area contributed by atoms with E-state index >= 15 is 0 Å². The summed E-state index contributed by atoms with van der Waals surface area (Å²) >= 11 is 0. The molecular weight excluding hydrogens is 434 g/mol.